The lowest BCUT2D eigenvalue weighted by Gasteiger charge is -2.56. The Morgan fingerprint density at radius 1 is 1.08 bits per heavy atom. The molecule has 4 aliphatic carbocycles. The van der Waals surface area contributed by atoms with Crippen molar-refractivity contribution in [2.45, 2.75) is 96.2 Å². The van der Waals surface area contributed by atoms with E-state index in [1.54, 1.807) is 43.7 Å². The summed E-state index contributed by atoms with van der Waals surface area (Å²) in [7, 11) is 3.58. The first kappa shape index (κ1) is 35.4. The average Bonchev–Trinajstić information content (AvgIpc) is 3.71. The zero-order chi connectivity index (χ0) is 35.6. The first-order valence-corrected chi connectivity index (χ1v) is 17.8. The molecule has 3 atom stereocenters. The topological polar surface area (TPSA) is 211 Å². The van der Waals surface area contributed by atoms with Crippen molar-refractivity contribution in [3.63, 3.8) is 0 Å². The number of nitrogens with zero attached hydrogens (tertiary/aromatic N) is 4. The zero-order valence-corrected chi connectivity index (χ0v) is 29.6. The Balaban J connectivity index is 1.24. The molecule has 0 aliphatic heterocycles. The van der Waals surface area contributed by atoms with Crippen molar-refractivity contribution in [1.82, 2.24) is 41.0 Å². The number of H-pyrrole nitrogens is 1. The molecule has 2 heterocycles. The summed E-state index contributed by atoms with van der Waals surface area (Å²) < 4.78 is 5.88. The van der Waals surface area contributed by atoms with Gasteiger partial charge in [0.1, 0.15) is 17.8 Å². The van der Waals surface area contributed by atoms with Gasteiger partial charge in [-0.3, -0.25) is 19.9 Å². The van der Waals surface area contributed by atoms with Gasteiger partial charge in [0, 0.05) is 32.0 Å². The summed E-state index contributed by atoms with van der Waals surface area (Å²) in [6.45, 7) is 4.06. The van der Waals surface area contributed by atoms with Crippen LogP contribution in [-0.2, 0) is 28.9 Å². The van der Waals surface area contributed by atoms with Gasteiger partial charge in [0.25, 0.3) is 0 Å². The predicted molar refractivity (Wildman–Crippen MR) is 187 cm³/mol. The van der Waals surface area contributed by atoms with E-state index in [9.17, 15) is 14.7 Å². The van der Waals surface area contributed by atoms with Crippen LogP contribution in [0.4, 0.5) is 0 Å². The molecule has 1 aromatic carbocycles. The Morgan fingerprint density at radius 3 is 2.32 bits per heavy atom. The third-order valence-electron chi connectivity index (χ3n) is 11.1. The van der Waals surface area contributed by atoms with Crippen LogP contribution in [-0.4, -0.2) is 80.6 Å². The summed E-state index contributed by atoms with van der Waals surface area (Å²) in [6, 6.07) is 1.05. The molecule has 14 nitrogen and oxygen atoms in total. The minimum atomic E-state index is -0.969. The number of carbonyl (C=O) groups excluding carboxylic acids is 2. The van der Waals surface area contributed by atoms with E-state index < -0.39 is 24.0 Å². The van der Waals surface area contributed by atoms with Crippen LogP contribution < -0.4 is 21.7 Å². The average molecular weight is 689 g/mol. The van der Waals surface area contributed by atoms with E-state index in [0.29, 0.717) is 36.8 Å². The Hall–Kier alpha value is -4.46. The number of aromatic amines is 1. The normalized spacial score (nSPS) is 24.1. The number of aromatic nitrogens is 4. The first-order valence-electron chi connectivity index (χ1n) is 17.8. The Kier molecular flexibility index (Phi) is 10.5. The summed E-state index contributed by atoms with van der Waals surface area (Å²) in [5.74, 6) is 2.63. The summed E-state index contributed by atoms with van der Waals surface area (Å²) in [5.41, 5.74) is 8.87. The van der Waals surface area contributed by atoms with Crippen LogP contribution in [0.1, 0.15) is 85.1 Å². The highest BCUT2D eigenvalue weighted by Crippen LogP contribution is 2.60. The fraction of sp³-hybridized carbons (Fsp3) is 0.611. The maximum atomic E-state index is 14.3. The molecule has 4 bridgehead atoms. The minimum Gasteiger partial charge on any atom is -0.508 e. The van der Waals surface area contributed by atoms with Gasteiger partial charge in [-0.2, -0.15) is 4.98 Å². The van der Waals surface area contributed by atoms with Gasteiger partial charge >= 0.3 is 0 Å². The minimum absolute atomic E-state index is 0.138. The molecule has 0 spiro atoms. The van der Waals surface area contributed by atoms with Crippen LogP contribution >= 0.6 is 0 Å². The Labute approximate surface area is 293 Å². The third kappa shape index (κ3) is 8.28. The SMILES string of the molecule is Cc1cc(O)cc(C)c1C[C@H](NC(=O)[C@@H](CCNC(=N)N)N(C)C)C(=O)N[C@@H](Cc1c[nH]cn1)c1nc(CC23CC4CC(CC(C4)C2)C3)no1. The van der Waals surface area contributed by atoms with Crippen molar-refractivity contribution < 1.29 is 19.2 Å². The lowest BCUT2D eigenvalue weighted by molar-refractivity contribution is -0.132. The molecule has 0 unspecified atom stereocenters. The number of hydrogen-bond acceptors (Lipinski definition) is 9. The van der Waals surface area contributed by atoms with Gasteiger partial charge in [0.2, 0.25) is 17.7 Å². The van der Waals surface area contributed by atoms with Crippen molar-refractivity contribution in [2.75, 3.05) is 20.6 Å². The molecule has 270 valence electrons. The third-order valence-corrected chi connectivity index (χ3v) is 11.1. The summed E-state index contributed by atoms with van der Waals surface area (Å²) in [4.78, 5) is 42.1. The molecule has 50 heavy (non-hydrogen) atoms. The maximum Gasteiger partial charge on any atom is 0.249 e. The van der Waals surface area contributed by atoms with Gasteiger partial charge in [-0.05, 0) is 125 Å². The first-order chi connectivity index (χ1) is 23.9. The molecule has 4 saturated carbocycles. The van der Waals surface area contributed by atoms with E-state index in [1.807, 2.05) is 13.8 Å². The molecule has 7 rings (SSSR count). The fourth-order valence-corrected chi connectivity index (χ4v) is 9.35. The van der Waals surface area contributed by atoms with Crippen molar-refractivity contribution in [2.24, 2.45) is 28.9 Å². The van der Waals surface area contributed by atoms with E-state index >= 15 is 0 Å². The van der Waals surface area contributed by atoms with Crippen molar-refractivity contribution in [3.05, 3.63) is 58.8 Å². The van der Waals surface area contributed by atoms with Crippen LogP contribution in [0.25, 0.3) is 0 Å². The molecular formula is C36H52N10O4. The molecule has 8 N–H and O–H groups in total. The number of nitrogens with one attached hydrogen (secondary N) is 5. The number of benzene rings is 1. The molecule has 2 amide bonds. The summed E-state index contributed by atoms with van der Waals surface area (Å²) >= 11 is 0. The van der Waals surface area contributed by atoms with Crippen molar-refractivity contribution >= 4 is 17.8 Å². The van der Waals surface area contributed by atoms with Gasteiger partial charge in [-0.15, -0.1) is 0 Å². The number of guanidine groups is 1. The van der Waals surface area contributed by atoms with Crippen molar-refractivity contribution in [3.8, 4) is 5.75 Å². The molecule has 14 heteroatoms. The van der Waals surface area contributed by atoms with Gasteiger partial charge in [0.05, 0.1) is 18.1 Å². The number of carbonyl (C=O) groups is 2. The Morgan fingerprint density at radius 2 is 1.74 bits per heavy atom. The van der Waals surface area contributed by atoms with E-state index in [2.05, 4.69) is 31.1 Å². The van der Waals surface area contributed by atoms with Crippen LogP contribution in [0.3, 0.4) is 0 Å². The number of nitrogens with two attached hydrogens (primary N) is 1. The lowest BCUT2D eigenvalue weighted by Crippen LogP contribution is -2.54. The maximum absolute atomic E-state index is 14.3. The standard InChI is InChI=1S/C36H52N10O4/c1-20-7-26(47)8-21(2)27(20)13-28(42-33(49)30(46(3)4)5-6-40-35(37)38)32(48)43-29(12-25-18-39-19-41-25)34-44-31(45-50-34)17-36-14-22-9-23(15-36)11-24(10-22)16-36/h7-8,18-19,22-24,28-30,47H,5-6,9-17H2,1-4H3,(H,39,41)(H,42,49)(H,43,48)(H4,37,38,40)/t22?,23?,24?,28-,29-,30+,36?/m0/s1. The van der Waals surface area contributed by atoms with E-state index in [0.717, 1.165) is 40.9 Å². The molecular weight excluding hydrogens is 636 g/mol. The smallest absolute Gasteiger partial charge is 0.249 e. The number of phenols is 1. The highest BCUT2D eigenvalue weighted by Gasteiger charge is 2.51. The van der Waals surface area contributed by atoms with Gasteiger partial charge in [0.15, 0.2) is 11.8 Å². The lowest BCUT2D eigenvalue weighted by atomic mass is 9.49. The van der Waals surface area contributed by atoms with Gasteiger partial charge in [-0.1, -0.05) is 5.16 Å². The monoisotopic (exact) mass is 688 g/mol. The molecule has 0 saturated heterocycles. The molecule has 3 aromatic rings. The predicted octanol–water partition coefficient (Wildman–Crippen LogP) is 2.80. The Bertz CT molecular complexity index is 1610. The van der Waals surface area contributed by atoms with Crippen LogP contribution in [0.2, 0.25) is 0 Å². The molecule has 4 aliphatic rings. The number of likely N-dealkylation sites (N-methyl/N-ethyl adjacent to an activating group) is 1. The summed E-state index contributed by atoms with van der Waals surface area (Å²) in [5, 5.41) is 31.0. The van der Waals surface area contributed by atoms with Crippen LogP contribution in [0, 0.1) is 42.4 Å². The zero-order valence-electron chi connectivity index (χ0n) is 29.6. The highest BCUT2D eigenvalue weighted by molar-refractivity contribution is 5.90. The highest BCUT2D eigenvalue weighted by atomic mass is 16.5. The van der Waals surface area contributed by atoms with Gasteiger partial charge in [-0.25, -0.2) is 4.98 Å². The van der Waals surface area contributed by atoms with Crippen LogP contribution in [0.5, 0.6) is 5.75 Å². The number of rotatable bonds is 15. The largest absolute Gasteiger partial charge is 0.508 e. The number of phenolic OH excluding ortho intramolecular Hbond substituents is 1. The molecule has 2 aromatic heterocycles. The van der Waals surface area contributed by atoms with Crippen LogP contribution in [0.15, 0.2) is 29.2 Å². The van der Waals surface area contributed by atoms with E-state index in [-0.39, 0.29) is 29.5 Å². The van der Waals surface area contributed by atoms with E-state index in [1.165, 1.54) is 38.5 Å². The second kappa shape index (κ2) is 14.8. The number of amides is 2. The second-order valence-corrected chi connectivity index (χ2v) is 15.4. The number of hydrogen-bond donors (Lipinski definition) is 7. The number of imidazole rings is 1. The number of aromatic hydroxyl groups is 1. The number of aryl methyl sites for hydroxylation is 2. The van der Waals surface area contributed by atoms with E-state index in [4.69, 9.17) is 20.7 Å². The quantitative estimate of drug-likeness (QED) is 0.0917. The molecule has 4 fully saturated rings. The molecule has 0 radical (unpaired) electrons. The van der Waals surface area contributed by atoms with Crippen molar-refractivity contribution in [1.29, 1.82) is 5.41 Å². The van der Waals surface area contributed by atoms with Gasteiger partial charge < -0.3 is 36.3 Å². The fourth-order valence-electron chi connectivity index (χ4n) is 9.35. The summed E-state index contributed by atoms with van der Waals surface area (Å²) in [6.07, 6.45) is 12.8. The second-order valence-electron chi connectivity index (χ2n) is 15.4.